The summed E-state index contributed by atoms with van der Waals surface area (Å²) in [5.41, 5.74) is 4.74. The van der Waals surface area contributed by atoms with E-state index in [9.17, 15) is 4.79 Å². The number of hydrogen-bond donors (Lipinski definition) is 1. The molecule has 1 aliphatic heterocycles. The minimum absolute atomic E-state index is 0.00706. The Morgan fingerprint density at radius 1 is 1.03 bits per heavy atom. The fourth-order valence-electron chi connectivity index (χ4n) is 4.17. The molecule has 1 aliphatic rings. The lowest BCUT2D eigenvalue weighted by atomic mass is 10.0. The zero-order valence-electron chi connectivity index (χ0n) is 21.0. The van der Waals surface area contributed by atoms with E-state index >= 15 is 0 Å². The molecule has 3 aromatic carbocycles. The van der Waals surface area contributed by atoms with Crippen molar-refractivity contribution in [2.75, 3.05) is 13.4 Å². The molecule has 1 N–H and O–H groups in total. The lowest BCUT2D eigenvalue weighted by molar-refractivity contribution is -0.121. The molecule has 1 amide bonds. The molecule has 5 rings (SSSR count). The van der Waals surface area contributed by atoms with Crippen LogP contribution in [-0.4, -0.2) is 29.1 Å². The average molecular weight is 498 g/mol. The number of unbranched alkanes of at least 4 members (excludes halogenated alkanes) is 1. The van der Waals surface area contributed by atoms with Crippen molar-refractivity contribution < 1.29 is 19.0 Å². The summed E-state index contributed by atoms with van der Waals surface area (Å²) >= 11 is 0. The minimum Gasteiger partial charge on any atom is -0.494 e. The molecule has 0 unspecified atom stereocenters. The second-order valence-corrected chi connectivity index (χ2v) is 8.97. The number of hydrogen-bond acceptors (Lipinski definition) is 5. The van der Waals surface area contributed by atoms with Crippen molar-refractivity contribution in [1.82, 2.24) is 15.1 Å². The number of nitrogens with zero attached hydrogens (tertiary/aromatic N) is 2. The molecule has 4 aromatic rings. The van der Waals surface area contributed by atoms with E-state index in [1.165, 1.54) is 0 Å². The van der Waals surface area contributed by atoms with Gasteiger partial charge in [-0.25, -0.2) is 4.68 Å². The van der Waals surface area contributed by atoms with E-state index in [-0.39, 0.29) is 12.7 Å². The normalized spacial score (nSPS) is 11.9. The maximum atomic E-state index is 12.7. The van der Waals surface area contributed by atoms with Crippen LogP contribution >= 0.6 is 0 Å². The summed E-state index contributed by atoms with van der Waals surface area (Å²) in [5.74, 6) is 2.28. The molecule has 7 heteroatoms. The number of aromatic nitrogens is 2. The third kappa shape index (κ3) is 6.12. The van der Waals surface area contributed by atoms with Gasteiger partial charge >= 0.3 is 0 Å². The van der Waals surface area contributed by atoms with Crippen LogP contribution in [0.1, 0.15) is 37.3 Å². The van der Waals surface area contributed by atoms with Gasteiger partial charge in [-0.1, -0.05) is 43.7 Å². The van der Waals surface area contributed by atoms with Gasteiger partial charge in [0.2, 0.25) is 12.7 Å². The predicted octanol–water partition coefficient (Wildman–Crippen LogP) is 5.70. The van der Waals surface area contributed by atoms with Crippen LogP contribution in [0.5, 0.6) is 17.2 Å². The number of fused-ring (bicyclic) bond motifs is 1. The highest BCUT2D eigenvalue weighted by molar-refractivity contribution is 5.77. The molecule has 1 aromatic heterocycles. The van der Waals surface area contributed by atoms with Crippen LogP contribution in [-0.2, 0) is 17.8 Å². The van der Waals surface area contributed by atoms with Crippen LogP contribution in [0.25, 0.3) is 16.9 Å². The van der Waals surface area contributed by atoms with E-state index < -0.39 is 0 Å². The Bertz CT molecular complexity index is 1330. The molecule has 0 radical (unpaired) electrons. The first kappa shape index (κ1) is 24.4. The Balaban J connectivity index is 1.24. The van der Waals surface area contributed by atoms with Crippen molar-refractivity contribution >= 4 is 5.91 Å². The quantitative estimate of drug-likeness (QED) is 0.269. The molecule has 0 bridgehead atoms. The lowest BCUT2D eigenvalue weighted by Crippen LogP contribution is -2.23. The third-order valence-corrected chi connectivity index (χ3v) is 6.26. The number of carbonyl (C=O) groups excluding carboxylic acids is 1. The summed E-state index contributed by atoms with van der Waals surface area (Å²) in [6, 6.07) is 23.7. The van der Waals surface area contributed by atoms with Crippen molar-refractivity contribution in [1.29, 1.82) is 0 Å². The number of nitrogens with one attached hydrogen (secondary N) is 1. The standard InChI is InChI=1S/C30H31N3O4/c1-2-3-17-35-26-13-9-22(10-14-26)19-31-29(34)16-12-24-20-33(25-7-5-4-6-8-25)32-30(24)23-11-15-27-28(18-23)37-21-36-27/h4-11,13-15,18,20H,2-3,12,16-17,19,21H2,1H3,(H,31,34). The van der Waals surface area contributed by atoms with E-state index in [2.05, 4.69) is 12.2 Å². The molecular weight excluding hydrogens is 466 g/mol. The molecule has 7 nitrogen and oxygen atoms in total. The smallest absolute Gasteiger partial charge is 0.231 e. The van der Waals surface area contributed by atoms with Crippen molar-refractivity contribution in [2.24, 2.45) is 0 Å². The van der Waals surface area contributed by atoms with E-state index in [1.807, 2.05) is 83.7 Å². The van der Waals surface area contributed by atoms with Crippen molar-refractivity contribution in [2.45, 2.75) is 39.2 Å². The molecule has 190 valence electrons. The SMILES string of the molecule is CCCCOc1ccc(CNC(=O)CCc2cn(-c3ccccc3)nc2-c2ccc3c(c2)OCO3)cc1. The van der Waals surface area contributed by atoms with Gasteiger partial charge in [-0.2, -0.15) is 5.10 Å². The van der Waals surface area contributed by atoms with Crippen LogP contribution in [0.2, 0.25) is 0 Å². The maximum Gasteiger partial charge on any atom is 0.231 e. The Morgan fingerprint density at radius 2 is 1.84 bits per heavy atom. The van der Waals surface area contributed by atoms with Crippen LogP contribution in [0.3, 0.4) is 0 Å². The first-order valence-electron chi connectivity index (χ1n) is 12.7. The minimum atomic E-state index is -0.00706. The van der Waals surface area contributed by atoms with Crippen molar-refractivity contribution in [3.05, 3.63) is 90.1 Å². The number of benzene rings is 3. The summed E-state index contributed by atoms with van der Waals surface area (Å²) < 4.78 is 18.6. The van der Waals surface area contributed by atoms with E-state index in [0.29, 0.717) is 25.1 Å². The molecule has 0 saturated carbocycles. The second-order valence-electron chi connectivity index (χ2n) is 8.97. The van der Waals surface area contributed by atoms with Gasteiger partial charge in [0.1, 0.15) is 5.75 Å². The topological polar surface area (TPSA) is 74.6 Å². The highest BCUT2D eigenvalue weighted by Gasteiger charge is 2.18. The van der Waals surface area contributed by atoms with Gasteiger partial charge in [-0.3, -0.25) is 4.79 Å². The number of carbonyl (C=O) groups is 1. The van der Waals surface area contributed by atoms with Gasteiger partial charge < -0.3 is 19.5 Å². The summed E-state index contributed by atoms with van der Waals surface area (Å²) in [4.78, 5) is 12.7. The maximum absolute atomic E-state index is 12.7. The molecule has 0 saturated heterocycles. The molecule has 0 atom stereocenters. The zero-order valence-corrected chi connectivity index (χ0v) is 21.0. The van der Waals surface area contributed by atoms with Gasteiger partial charge in [0.05, 0.1) is 18.0 Å². The average Bonchev–Trinajstić information content (AvgIpc) is 3.59. The van der Waals surface area contributed by atoms with Crippen LogP contribution < -0.4 is 19.5 Å². The van der Waals surface area contributed by atoms with Gasteiger partial charge in [-0.15, -0.1) is 0 Å². The predicted molar refractivity (Wildman–Crippen MR) is 142 cm³/mol. The van der Waals surface area contributed by atoms with E-state index in [4.69, 9.17) is 19.3 Å². The Kier molecular flexibility index (Phi) is 7.69. The van der Waals surface area contributed by atoms with Gasteiger partial charge in [0.15, 0.2) is 11.5 Å². The molecule has 0 spiro atoms. The number of para-hydroxylation sites is 1. The fourth-order valence-corrected chi connectivity index (χ4v) is 4.17. The summed E-state index contributed by atoms with van der Waals surface area (Å²) in [7, 11) is 0. The van der Waals surface area contributed by atoms with Crippen molar-refractivity contribution in [3.63, 3.8) is 0 Å². The lowest BCUT2D eigenvalue weighted by Gasteiger charge is -2.08. The largest absolute Gasteiger partial charge is 0.494 e. The monoisotopic (exact) mass is 497 g/mol. The first-order chi connectivity index (χ1) is 18.2. The number of aryl methyl sites for hydroxylation is 1. The zero-order chi connectivity index (χ0) is 25.5. The van der Waals surface area contributed by atoms with Crippen LogP contribution in [0.15, 0.2) is 79.0 Å². The Morgan fingerprint density at radius 3 is 2.65 bits per heavy atom. The number of amides is 1. The Labute approximate surface area is 217 Å². The van der Waals surface area contributed by atoms with Crippen molar-refractivity contribution in [3.8, 4) is 34.2 Å². The third-order valence-electron chi connectivity index (χ3n) is 6.26. The number of ether oxygens (including phenoxy) is 3. The van der Waals surface area contributed by atoms with Crippen LogP contribution in [0.4, 0.5) is 0 Å². The van der Waals surface area contributed by atoms with E-state index in [1.54, 1.807) is 0 Å². The summed E-state index contributed by atoms with van der Waals surface area (Å²) in [5, 5.41) is 7.89. The Hall–Kier alpha value is -4.26. The highest BCUT2D eigenvalue weighted by atomic mass is 16.7. The van der Waals surface area contributed by atoms with Crippen LogP contribution in [0, 0.1) is 0 Å². The summed E-state index contributed by atoms with van der Waals surface area (Å²) in [6.45, 7) is 3.57. The van der Waals surface area contributed by atoms with Gasteiger partial charge in [0.25, 0.3) is 0 Å². The highest BCUT2D eigenvalue weighted by Crippen LogP contribution is 2.36. The number of rotatable bonds is 11. The molecular formula is C30H31N3O4. The fraction of sp³-hybridized carbons (Fsp3) is 0.267. The van der Waals surface area contributed by atoms with E-state index in [0.717, 1.165) is 59.0 Å². The summed E-state index contributed by atoms with van der Waals surface area (Å²) in [6.07, 6.45) is 5.07. The first-order valence-corrected chi connectivity index (χ1v) is 12.7. The second kappa shape index (κ2) is 11.6. The molecule has 37 heavy (non-hydrogen) atoms. The van der Waals surface area contributed by atoms with Gasteiger partial charge in [0, 0.05) is 24.7 Å². The molecule has 0 aliphatic carbocycles. The molecule has 0 fully saturated rings. The molecule has 2 heterocycles. The van der Waals surface area contributed by atoms with Gasteiger partial charge in [-0.05, 0) is 66.4 Å².